The molecule has 1 aromatic heterocycles. The van der Waals surface area contributed by atoms with Crippen LogP contribution in [0.15, 0.2) is 16.5 Å². The van der Waals surface area contributed by atoms with E-state index in [4.69, 9.17) is 4.42 Å². The van der Waals surface area contributed by atoms with Gasteiger partial charge in [0, 0.05) is 12.6 Å². The number of hydrogen-bond donors (Lipinski definition) is 1. The Morgan fingerprint density at radius 2 is 2.21 bits per heavy atom. The second kappa shape index (κ2) is 5.78. The molecule has 1 fully saturated rings. The highest BCUT2D eigenvalue weighted by Crippen LogP contribution is 2.22. The van der Waals surface area contributed by atoms with Crippen molar-refractivity contribution in [2.24, 2.45) is 11.8 Å². The highest BCUT2D eigenvalue weighted by Gasteiger charge is 2.33. The molecule has 2 heterocycles. The second-order valence-corrected chi connectivity index (χ2v) is 5.81. The van der Waals surface area contributed by atoms with Gasteiger partial charge in [-0.1, -0.05) is 6.92 Å². The van der Waals surface area contributed by atoms with Gasteiger partial charge < -0.3 is 14.6 Å². The van der Waals surface area contributed by atoms with Gasteiger partial charge in [0.15, 0.2) is 0 Å². The highest BCUT2D eigenvalue weighted by molar-refractivity contribution is 5.80. The van der Waals surface area contributed by atoms with Crippen LogP contribution in [-0.2, 0) is 11.3 Å². The number of aryl methyl sites for hydroxylation is 1. The van der Waals surface area contributed by atoms with Gasteiger partial charge >= 0.3 is 0 Å². The first-order valence-corrected chi connectivity index (χ1v) is 7.05. The Hall–Kier alpha value is -1.29. The van der Waals surface area contributed by atoms with Gasteiger partial charge in [0.2, 0.25) is 5.91 Å². The Balaban J connectivity index is 2.09. The monoisotopic (exact) mass is 264 g/mol. The van der Waals surface area contributed by atoms with Gasteiger partial charge in [-0.2, -0.15) is 0 Å². The smallest absolute Gasteiger partial charge is 0.227 e. The fraction of sp³-hybridized carbons (Fsp3) is 0.667. The molecule has 0 spiro atoms. The fourth-order valence-electron chi connectivity index (χ4n) is 2.61. The number of nitrogens with zero attached hydrogens (tertiary/aromatic N) is 1. The molecular weight excluding hydrogens is 240 g/mol. The van der Waals surface area contributed by atoms with Gasteiger partial charge in [-0.25, -0.2) is 0 Å². The molecule has 0 saturated carbocycles. The van der Waals surface area contributed by atoms with E-state index in [1.807, 2.05) is 24.0 Å². The third kappa shape index (κ3) is 3.18. The molecule has 1 aromatic rings. The Kier molecular flexibility index (Phi) is 4.30. The number of amides is 1. The Morgan fingerprint density at radius 1 is 1.47 bits per heavy atom. The van der Waals surface area contributed by atoms with E-state index in [1.54, 1.807) is 0 Å². The Labute approximate surface area is 115 Å². The topological polar surface area (TPSA) is 45.5 Å². The summed E-state index contributed by atoms with van der Waals surface area (Å²) in [5, 5.41) is 3.29. The van der Waals surface area contributed by atoms with Crippen molar-refractivity contribution >= 4 is 5.91 Å². The molecule has 1 aliphatic rings. The van der Waals surface area contributed by atoms with Crippen LogP contribution in [0.3, 0.4) is 0 Å². The largest absolute Gasteiger partial charge is 0.464 e. The summed E-state index contributed by atoms with van der Waals surface area (Å²) in [5.41, 5.74) is 0. The molecule has 4 nitrogen and oxygen atoms in total. The first kappa shape index (κ1) is 14.1. The standard InChI is InChI=1S/C15H24N2O2/c1-10(2)17(9-13-6-5-12(4)19-13)15(18)14-8-16-7-11(14)3/h5-6,10-11,14,16H,7-9H2,1-4H3/t11-,14-/m1/s1. The fourth-order valence-corrected chi connectivity index (χ4v) is 2.61. The Bertz CT molecular complexity index is 439. The van der Waals surface area contributed by atoms with Crippen LogP contribution < -0.4 is 5.32 Å². The van der Waals surface area contributed by atoms with Crippen molar-refractivity contribution in [2.75, 3.05) is 13.1 Å². The number of carbonyl (C=O) groups excluding carboxylic acids is 1. The molecule has 0 bridgehead atoms. The van der Waals surface area contributed by atoms with E-state index >= 15 is 0 Å². The van der Waals surface area contributed by atoms with Crippen LogP contribution in [0.1, 0.15) is 32.3 Å². The first-order chi connectivity index (χ1) is 8.99. The van der Waals surface area contributed by atoms with Crippen molar-refractivity contribution in [1.82, 2.24) is 10.2 Å². The normalized spacial score (nSPS) is 23.0. The average molecular weight is 264 g/mol. The summed E-state index contributed by atoms with van der Waals surface area (Å²) >= 11 is 0. The SMILES string of the molecule is Cc1ccc(CN(C(=O)[C@@H]2CNC[C@H]2C)C(C)C)o1. The quantitative estimate of drug-likeness (QED) is 0.906. The maximum Gasteiger partial charge on any atom is 0.227 e. The van der Waals surface area contributed by atoms with Crippen molar-refractivity contribution in [3.63, 3.8) is 0 Å². The van der Waals surface area contributed by atoms with Crippen molar-refractivity contribution in [2.45, 2.75) is 40.3 Å². The predicted octanol–water partition coefficient (Wildman–Crippen LogP) is 2.18. The summed E-state index contributed by atoms with van der Waals surface area (Å²) in [5.74, 6) is 2.49. The summed E-state index contributed by atoms with van der Waals surface area (Å²) in [6.45, 7) is 10.5. The first-order valence-electron chi connectivity index (χ1n) is 7.05. The van der Waals surface area contributed by atoms with Gasteiger partial charge in [-0.3, -0.25) is 4.79 Å². The number of carbonyl (C=O) groups is 1. The number of nitrogens with one attached hydrogen (secondary N) is 1. The lowest BCUT2D eigenvalue weighted by Gasteiger charge is -2.29. The van der Waals surface area contributed by atoms with E-state index < -0.39 is 0 Å². The number of furan rings is 1. The lowest BCUT2D eigenvalue weighted by Crippen LogP contribution is -2.42. The molecule has 1 aliphatic heterocycles. The molecule has 106 valence electrons. The van der Waals surface area contributed by atoms with E-state index in [0.717, 1.165) is 24.6 Å². The molecule has 0 aromatic carbocycles. The minimum absolute atomic E-state index is 0.0958. The molecule has 2 rings (SSSR count). The van der Waals surface area contributed by atoms with Crippen molar-refractivity contribution in [3.8, 4) is 0 Å². The summed E-state index contributed by atoms with van der Waals surface area (Å²) in [4.78, 5) is 14.6. The van der Waals surface area contributed by atoms with Crippen LogP contribution >= 0.6 is 0 Å². The maximum atomic E-state index is 12.7. The zero-order valence-electron chi connectivity index (χ0n) is 12.3. The minimum atomic E-state index is 0.0958. The van der Waals surface area contributed by atoms with Gasteiger partial charge in [0.05, 0.1) is 12.5 Å². The summed E-state index contributed by atoms with van der Waals surface area (Å²) < 4.78 is 5.59. The van der Waals surface area contributed by atoms with Crippen LogP contribution in [0.25, 0.3) is 0 Å². The van der Waals surface area contributed by atoms with E-state index in [-0.39, 0.29) is 17.9 Å². The van der Waals surface area contributed by atoms with Crippen LogP contribution in [0.5, 0.6) is 0 Å². The average Bonchev–Trinajstić information content (AvgIpc) is 2.94. The molecular formula is C15H24N2O2. The van der Waals surface area contributed by atoms with Crippen LogP contribution in [0.4, 0.5) is 0 Å². The zero-order chi connectivity index (χ0) is 14.0. The molecule has 1 N–H and O–H groups in total. The van der Waals surface area contributed by atoms with Crippen LogP contribution in [-0.4, -0.2) is 29.9 Å². The predicted molar refractivity (Wildman–Crippen MR) is 74.7 cm³/mol. The lowest BCUT2D eigenvalue weighted by molar-refractivity contribution is -0.138. The molecule has 0 unspecified atom stereocenters. The van der Waals surface area contributed by atoms with E-state index in [0.29, 0.717) is 12.5 Å². The summed E-state index contributed by atoms with van der Waals surface area (Å²) in [7, 11) is 0. The summed E-state index contributed by atoms with van der Waals surface area (Å²) in [6.07, 6.45) is 0. The minimum Gasteiger partial charge on any atom is -0.464 e. The van der Waals surface area contributed by atoms with Gasteiger partial charge in [-0.05, 0) is 45.4 Å². The molecule has 1 saturated heterocycles. The van der Waals surface area contributed by atoms with Crippen molar-refractivity contribution < 1.29 is 9.21 Å². The van der Waals surface area contributed by atoms with Gasteiger partial charge in [-0.15, -0.1) is 0 Å². The second-order valence-electron chi connectivity index (χ2n) is 5.81. The lowest BCUT2D eigenvalue weighted by atomic mass is 9.96. The molecule has 19 heavy (non-hydrogen) atoms. The van der Waals surface area contributed by atoms with E-state index in [9.17, 15) is 4.79 Å². The van der Waals surface area contributed by atoms with Gasteiger partial charge in [0.1, 0.15) is 11.5 Å². The zero-order valence-corrected chi connectivity index (χ0v) is 12.3. The molecule has 0 radical (unpaired) electrons. The third-order valence-corrected chi connectivity index (χ3v) is 3.86. The Morgan fingerprint density at radius 3 is 2.68 bits per heavy atom. The molecule has 0 aliphatic carbocycles. The van der Waals surface area contributed by atoms with Crippen molar-refractivity contribution in [1.29, 1.82) is 0 Å². The molecule has 2 atom stereocenters. The van der Waals surface area contributed by atoms with E-state index in [1.165, 1.54) is 0 Å². The highest BCUT2D eigenvalue weighted by atomic mass is 16.3. The van der Waals surface area contributed by atoms with Crippen molar-refractivity contribution in [3.05, 3.63) is 23.7 Å². The van der Waals surface area contributed by atoms with Crippen LogP contribution in [0.2, 0.25) is 0 Å². The number of hydrogen-bond acceptors (Lipinski definition) is 3. The third-order valence-electron chi connectivity index (χ3n) is 3.86. The molecule has 1 amide bonds. The van der Waals surface area contributed by atoms with Crippen LogP contribution in [0, 0.1) is 18.8 Å². The van der Waals surface area contributed by atoms with E-state index in [2.05, 4.69) is 26.1 Å². The number of rotatable bonds is 4. The molecule has 4 heteroatoms. The maximum absolute atomic E-state index is 12.7. The summed E-state index contributed by atoms with van der Waals surface area (Å²) in [6, 6.07) is 4.08. The van der Waals surface area contributed by atoms with Gasteiger partial charge in [0.25, 0.3) is 0 Å².